The Balaban J connectivity index is 1.58. The van der Waals surface area contributed by atoms with Crippen LogP contribution < -0.4 is 10.5 Å². The molecule has 1 amide bonds. The van der Waals surface area contributed by atoms with Crippen LogP contribution in [0.1, 0.15) is 47.9 Å². The van der Waals surface area contributed by atoms with Crippen molar-refractivity contribution in [3.63, 3.8) is 0 Å². The Labute approximate surface area is 205 Å². The van der Waals surface area contributed by atoms with E-state index in [9.17, 15) is 18.0 Å². The van der Waals surface area contributed by atoms with Gasteiger partial charge in [0.25, 0.3) is 0 Å². The number of hydrogen-bond acceptors (Lipinski definition) is 7. The summed E-state index contributed by atoms with van der Waals surface area (Å²) in [5, 5.41) is 7.52. The van der Waals surface area contributed by atoms with Crippen molar-refractivity contribution in [3.8, 4) is 16.9 Å². The van der Waals surface area contributed by atoms with Crippen LogP contribution in [-0.2, 0) is 23.8 Å². The number of rotatable bonds is 6. The van der Waals surface area contributed by atoms with E-state index in [0.717, 1.165) is 30.5 Å². The molecule has 0 bridgehead atoms. The molecular formula is C25H25F3N4O4. The molecule has 2 atom stereocenters. The van der Waals surface area contributed by atoms with Gasteiger partial charge in [0, 0.05) is 12.0 Å². The molecule has 0 radical (unpaired) electrons. The van der Waals surface area contributed by atoms with Gasteiger partial charge in [-0.25, -0.2) is 4.79 Å². The number of halogens is 3. The van der Waals surface area contributed by atoms with Crippen LogP contribution in [0.2, 0.25) is 0 Å². The molecule has 2 aromatic carbocycles. The number of amides is 1. The first-order valence-corrected chi connectivity index (χ1v) is 11.7. The number of fused-ring (bicyclic) bond motifs is 1. The summed E-state index contributed by atoms with van der Waals surface area (Å²) in [5.41, 5.74) is 7.26. The number of aromatic nitrogens is 2. The third-order valence-electron chi connectivity index (χ3n) is 6.76. The number of piperidine rings is 1. The van der Waals surface area contributed by atoms with Crippen LogP contribution in [0.5, 0.6) is 5.75 Å². The summed E-state index contributed by atoms with van der Waals surface area (Å²) in [6.45, 7) is 0.253. The van der Waals surface area contributed by atoms with Gasteiger partial charge in [0.05, 0.1) is 24.8 Å². The minimum absolute atomic E-state index is 0.0129. The van der Waals surface area contributed by atoms with Crippen molar-refractivity contribution in [1.82, 2.24) is 15.1 Å². The van der Waals surface area contributed by atoms with Crippen molar-refractivity contribution >= 4 is 12.1 Å². The third-order valence-corrected chi connectivity index (χ3v) is 6.76. The van der Waals surface area contributed by atoms with Crippen LogP contribution in [-0.4, -0.2) is 40.9 Å². The molecule has 11 heteroatoms. The number of hydrogen-bond donors (Lipinski definition) is 1. The molecule has 0 unspecified atom stereocenters. The van der Waals surface area contributed by atoms with Gasteiger partial charge in [-0.15, -0.1) is 5.10 Å². The molecule has 2 aliphatic heterocycles. The van der Waals surface area contributed by atoms with Crippen LogP contribution >= 0.6 is 0 Å². The van der Waals surface area contributed by atoms with Crippen molar-refractivity contribution in [2.75, 3.05) is 19.5 Å². The Hall–Kier alpha value is -3.76. The second kappa shape index (κ2) is 9.36. The third kappa shape index (κ3) is 4.57. The molecule has 2 saturated heterocycles. The van der Waals surface area contributed by atoms with Crippen molar-refractivity contribution < 1.29 is 31.9 Å². The van der Waals surface area contributed by atoms with Crippen LogP contribution in [0.4, 0.5) is 24.0 Å². The number of nitrogen functional groups attached to an aromatic ring is 1. The van der Waals surface area contributed by atoms with E-state index in [0.29, 0.717) is 47.6 Å². The molecule has 0 spiro atoms. The highest BCUT2D eigenvalue weighted by molar-refractivity contribution is 5.77. The van der Waals surface area contributed by atoms with Crippen molar-refractivity contribution in [1.29, 1.82) is 0 Å². The largest absolute Gasteiger partial charge is 0.496 e. The van der Waals surface area contributed by atoms with Gasteiger partial charge in [0.15, 0.2) is 0 Å². The maximum absolute atomic E-state index is 13.7. The average Bonchev–Trinajstić information content (AvgIpc) is 3.46. The normalized spacial score (nSPS) is 19.8. The topological polar surface area (TPSA) is 104 Å². The maximum Gasteiger partial charge on any atom is 0.416 e. The number of alkyl halides is 3. The van der Waals surface area contributed by atoms with E-state index < -0.39 is 23.9 Å². The number of benzene rings is 2. The van der Waals surface area contributed by atoms with Gasteiger partial charge < -0.3 is 19.6 Å². The van der Waals surface area contributed by atoms with Crippen molar-refractivity contribution in [3.05, 3.63) is 59.0 Å². The highest BCUT2D eigenvalue weighted by atomic mass is 19.4. The molecule has 2 N–H and O–H groups in total. The van der Waals surface area contributed by atoms with E-state index in [1.165, 1.54) is 13.2 Å². The van der Waals surface area contributed by atoms with Gasteiger partial charge in [-0.1, -0.05) is 17.2 Å². The summed E-state index contributed by atoms with van der Waals surface area (Å²) in [6.07, 6.45) is -1.95. The lowest BCUT2D eigenvalue weighted by Crippen LogP contribution is -2.40. The fourth-order valence-electron chi connectivity index (χ4n) is 5.07. The van der Waals surface area contributed by atoms with Gasteiger partial charge >= 0.3 is 18.3 Å². The monoisotopic (exact) mass is 502 g/mol. The fourth-order valence-corrected chi connectivity index (χ4v) is 5.07. The maximum atomic E-state index is 13.7. The summed E-state index contributed by atoms with van der Waals surface area (Å²) >= 11 is 0. The molecule has 1 aromatic heterocycles. The number of ether oxygens (including phenoxy) is 2. The number of nitrogens with two attached hydrogens (primary N) is 1. The smallest absolute Gasteiger partial charge is 0.416 e. The zero-order chi connectivity index (χ0) is 25.4. The summed E-state index contributed by atoms with van der Waals surface area (Å²) in [7, 11) is 1.51. The van der Waals surface area contributed by atoms with Crippen LogP contribution in [0, 0.1) is 0 Å². The molecule has 5 rings (SSSR count). The predicted molar refractivity (Wildman–Crippen MR) is 123 cm³/mol. The lowest BCUT2D eigenvalue weighted by Gasteiger charge is -2.37. The first-order valence-electron chi connectivity index (χ1n) is 11.7. The molecule has 0 saturated carbocycles. The number of aryl methyl sites for hydroxylation is 2. The van der Waals surface area contributed by atoms with Gasteiger partial charge in [0.1, 0.15) is 12.4 Å². The number of anilines is 1. The Bertz CT molecular complexity index is 1280. The second-order valence-electron chi connectivity index (χ2n) is 8.95. The van der Waals surface area contributed by atoms with Gasteiger partial charge in [-0.05, 0) is 66.6 Å². The van der Waals surface area contributed by atoms with Crippen molar-refractivity contribution in [2.24, 2.45) is 0 Å². The highest BCUT2D eigenvalue weighted by Crippen LogP contribution is 2.45. The first kappa shape index (κ1) is 24.0. The molecule has 3 aromatic rings. The van der Waals surface area contributed by atoms with E-state index >= 15 is 0 Å². The molecule has 2 fully saturated rings. The van der Waals surface area contributed by atoms with E-state index in [1.807, 2.05) is 12.1 Å². The minimum atomic E-state index is -4.52. The summed E-state index contributed by atoms with van der Waals surface area (Å²) in [4.78, 5) is 14.1. The Kier molecular flexibility index (Phi) is 6.23. The zero-order valence-corrected chi connectivity index (χ0v) is 19.5. The Morgan fingerprint density at radius 2 is 1.94 bits per heavy atom. The SMILES string of the molecule is COc1ccc(CCc2nnc(N)o2)cc1-c1ccc(C(F)(F)F)cc1[C@@H]1CCC[C@H]2COC(=O)N21. The lowest BCUT2D eigenvalue weighted by atomic mass is 9.85. The molecule has 2 aliphatic rings. The van der Waals surface area contributed by atoms with Gasteiger partial charge in [-0.3, -0.25) is 4.90 Å². The molecule has 190 valence electrons. The number of nitrogens with zero attached hydrogens (tertiary/aromatic N) is 3. The van der Waals surface area contributed by atoms with Crippen LogP contribution in [0.3, 0.4) is 0 Å². The summed E-state index contributed by atoms with van der Waals surface area (Å²) in [6, 6.07) is 8.52. The second-order valence-corrected chi connectivity index (χ2v) is 8.95. The first-order chi connectivity index (χ1) is 17.2. The van der Waals surface area contributed by atoms with E-state index in [1.54, 1.807) is 11.0 Å². The number of methoxy groups -OCH3 is 1. The highest BCUT2D eigenvalue weighted by Gasteiger charge is 2.43. The molecule has 3 heterocycles. The van der Waals surface area contributed by atoms with Crippen LogP contribution in [0.25, 0.3) is 11.1 Å². The molecule has 0 aliphatic carbocycles. The average molecular weight is 502 g/mol. The fraction of sp³-hybridized carbons (Fsp3) is 0.400. The predicted octanol–water partition coefficient (Wildman–Crippen LogP) is 5.18. The number of carbonyl (C=O) groups is 1. The standard InChI is InChI=1S/C25H25F3N4O4/c1-34-21-9-5-14(6-10-22-30-31-23(29)36-22)11-19(21)17-8-7-15(25(26,27)28)12-18(17)20-4-2-3-16-13-35-24(33)32(16)20/h5,7-9,11-12,16,20H,2-4,6,10,13H2,1H3,(H2,29,31)/t16-,20-/m0/s1. The number of cyclic esters (lactones) is 1. The van der Waals surface area contributed by atoms with Gasteiger partial charge in [0.2, 0.25) is 5.89 Å². The van der Waals surface area contributed by atoms with Crippen LogP contribution in [0.15, 0.2) is 40.8 Å². The van der Waals surface area contributed by atoms with E-state index in [-0.39, 0.29) is 18.7 Å². The van der Waals surface area contributed by atoms with E-state index in [2.05, 4.69) is 10.2 Å². The lowest BCUT2D eigenvalue weighted by molar-refractivity contribution is -0.137. The Morgan fingerprint density at radius 1 is 1.11 bits per heavy atom. The van der Waals surface area contributed by atoms with E-state index in [4.69, 9.17) is 19.6 Å². The quantitative estimate of drug-likeness (QED) is 0.496. The molecular weight excluding hydrogens is 477 g/mol. The Morgan fingerprint density at radius 3 is 2.67 bits per heavy atom. The minimum Gasteiger partial charge on any atom is -0.496 e. The number of carbonyl (C=O) groups excluding carboxylic acids is 1. The zero-order valence-electron chi connectivity index (χ0n) is 19.5. The van der Waals surface area contributed by atoms with Crippen molar-refractivity contribution in [2.45, 2.75) is 50.4 Å². The molecule has 36 heavy (non-hydrogen) atoms. The summed E-state index contributed by atoms with van der Waals surface area (Å²) < 4.78 is 57.2. The summed E-state index contributed by atoms with van der Waals surface area (Å²) in [5.74, 6) is 0.902. The molecule has 8 nitrogen and oxygen atoms in total. The van der Waals surface area contributed by atoms with Gasteiger partial charge in [-0.2, -0.15) is 13.2 Å².